The Morgan fingerprint density at radius 1 is 1.70 bits per heavy atom. The number of carbonyl (C=O) groups is 1. The summed E-state index contributed by atoms with van der Waals surface area (Å²) in [5.41, 5.74) is 0. The Bertz CT molecular complexity index is 148. The van der Waals surface area contributed by atoms with Crippen LogP contribution in [0.15, 0.2) is 12.2 Å². The Balaban J connectivity index is 3.75. The number of carbonyl (C=O) groups excluding carboxylic acids is 1. The molecule has 4 nitrogen and oxygen atoms in total. The Kier molecular flexibility index (Phi) is 4.61. The van der Waals surface area contributed by atoms with Crippen LogP contribution in [-0.2, 0) is 4.79 Å². The highest BCUT2D eigenvalue weighted by atomic mass is 32.2. The molecule has 0 aliphatic rings. The van der Waals surface area contributed by atoms with Crippen LogP contribution in [0.2, 0.25) is 0 Å². The van der Waals surface area contributed by atoms with E-state index in [0.717, 1.165) is 11.9 Å². The molecule has 10 heavy (non-hydrogen) atoms. The molecule has 0 heterocycles. The van der Waals surface area contributed by atoms with Gasteiger partial charge in [-0.15, -0.1) is 0 Å². The van der Waals surface area contributed by atoms with Crippen molar-refractivity contribution >= 4 is 22.9 Å². The third kappa shape index (κ3) is 4.11. The fourth-order valence-corrected chi connectivity index (χ4v) is 0.421. The molecule has 0 unspecified atom stereocenters. The highest BCUT2D eigenvalue weighted by Gasteiger charge is 1.89. The third-order valence-electron chi connectivity index (χ3n) is 0.759. The van der Waals surface area contributed by atoms with Gasteiger partial charge in [0.05, 0.1) is 0 Å². The minimum atomic E-state index is -0.237. The fourth-order valence-electron chi connectivity index (χ4n) is 0.274. The van der Waals surface area contributed by atoms with Gasteiger partial charge in [-0.3, -0.25) is 15.3 Å². The van der Waals surface area contributed by atoms with Crippen molar-refractivity contribution in [1.82, 2.24) is 5.32 Å². The highest BCUT2D eigenvalue weighted by molar-refractivity contribution is 8.12. The van der Waals surface area contributed by atoms with Crippen molar-refractivity contribution in [3.05, 3.63) is 12.2 Å². The molecule has 56 valence electrons. The number of hydrogen-bond donors (Lipinski definition) is 3. The normalized spacial score (nSPS) is 9.80. The van der Waals surface area contributed by atoms with Gasteiger partial charge < -0.3 is 5.32 Å². The molecule has 0 aliphatic carbocycles. The van der Waals surface area contributed by atoms with Gasteiger partial charge in [0, 0.05) is 13.1 Å². The second-order valence-electron chi connectivity index (χ2n) is 1.43. The number of likely N-dealkylation sites (N-methyl/N-ethyl adjacent to an activating group) is 1. The SMILES string of the molecule is CNC(=O)/C=C\C(=N)SN. The minimum absolute atomic E-state index is 0.156. The molecule has 0 atom stereocenters. The molecule has 0 aliphatic heterocycles. The summed E-state index contributed by atoms with van der Waals surface area (Å²) in [4.78, 5) is 10.5. The van der Waals surface area contributed by atoms with Gasteiger partial charge in [-0.25, -0.2) is 0 Å². The van der Waals surface area contributed by atoms with Crippen LogP contribution in [0.25, 0.3) is 0 Å². The van der Waals surface area contributed by atoms with Crippen molar-refractivity contribution in [2.45, 2.75) is 0 Å². The summed E-state index contributed by atoms with van der Waals surface area (Å²) in [7, 11) is 1.52. The summed E-state index contributed by atoms with van der Waals surface area (Å²) in [6.45, 7) is 0. The lowest BCUT2D eigenvalue weighted by atomic mass is 10.5. The van der Waals surface area contributed by atoms with E-state index in [4.69, 9.17) is 10.5 Å². The van der Waals surface area contributed by atoms with Crippen LogP contribution in [0.4, 0.5) is 0 Å². The van der Waals surface area contributed by atoms with Crippen LogP contribution < -0.4 is 10.5 Å². The first kappa shape index (κ1) is 9.19. The molecule has 0 bridgehead atoms. The lowest BCUT2D eigenvalue weighted by Crippen LogP contribution is -2.14. The van der Waals surface area contributed by atoms with Crippen LogP contribution in [-0.4, -0.2) is 18.0 Å². The van der Waals surface area contributed by atoms with E-state index in [9.17, 15) is 4.79 Å². The van der Waals surface area contributed by atoms with E-state index in [1.54, 1.807) is 0 Å². The summed E-state index contributed by atoms with van der Waals surface area (Å²) in [5.74, 6) is -0.237. The molecule has 0 saturated heterocycles. The average Bonchev–Trinajstić information content (AvgIpc) is 1.99. The second-order valence-corrected chi connectivity index (χ2v) is 2.11. The maximum atomic E-state index is 10.5. The minimum Gasteiger partial charge on any atom is -0.356 e. The highest BCUT2D eigenvalue weighted by Crippen LogP contribution is 1.90. The van der Waals surface area contributed by atoms with Crippen LogP contribution >= 0.6 is 11.9 Å². The molecule has 1 amide bonds. The number of nitrogens with one attached hydrogen (secondary N) is 2. The van der Waals surface area contributed by atoms with Crippen molar-refractivity contribution < 1.29 is 4.79 Å². The Labute approximate surface area is 63.5 Å². The molecule has 0 aromatic rings. The summed E-state index contributed by atoms with van der Waals surface area (Å²) in [6, 6.07) is 0. The number of hydrogen-bond acceptors (Lipinski definition) is 4. The van der Waals surface area contributed by atoms with E-state index in [1.165, 1.54) is 19.2 Å². The molecule has 0 saturated carbocycles. The molecular formula is C5H9N3OS. The lowest BCUT2D eigenvalue weighted by Gasteiger charge is -1.89. The van der Waals surface area contributed by atoms with Gasteiger partial charge in [-0.2, -0.15) is 0 Å². The Morgan fingerprint density at radius 2 is 2.30 bits per heavy atom. The number of rotatable bonds is 2. The first-order chi connectivity index (χ1) is 4.70. The fraction of sp³-hybridized carbons (Fsp3) is 0.200. The van der Waals surface area contributed by atoms with Gasteiger partial charge >= 0.3 is 0 Å². The Morgan fingerprint density at radius 3 is 2.70 bits per heavy atom. The van der Waals surface area contributed by atoms with E-state index >= 15 is 0 Å². The quantitative estimate of drug-likeness (QED) is 0.227. The third-order valence-corrected chi connectivity index (χ3v) is 1.15. The van der Waals surface area contributed by atoms with E-state index in [-0.39, 0.29) is 11.0 Å². The van der Waals surface area contributed by atoms with Gasteiger partial charge in [0.15, 0.2) is 0 Å². The van der Waals surface area contributed by atoms with Crippen LogP contribution in [0.5, 0.6) is 0 Å². The van der Waals surface area contributed by atoms with Crippen molar-refractivity contribution in [3.8, 4) is 0 Å². The van der Waals surface area contributed by atoms with Gasteiger partial charge in [0.25, 0.3) is 0 Å². The molecule has 0 radical (unpaired) electrons. The summed E-state index contributed by atoms with van der Waals surface area (Å²) in [5, 5.41) is 14.5. The summed E-state index contributed by atoms with van der Waals surface area (Å²) < 4.78 is 0. The molecule has 0 aromatic carbocycles. The van der Waals surface area contributed by atoms with E-state index in [1.807, 2.05) is 0 Å². The van der Waals surface area contributed by atoms with Crippen molar-refractivity contribution in [2.24, 2.45) is 5.14 Å². The van der Waals surface area contributed by atoms with E-state index in [0.29, 0.717) is 0 Å². The average molecular weight is 159 g/mol. The van der Waals surface area contributed by atoms with Crippen molar-refractivity contribution in [3.63, 3.8) is 0 Å². The zero-order valence-electron chi connectivity index (χ0n) is 5.55. The van der Waals surface area contributed by atoms with E-state index < -0.39 is 0 Å². The van der Waals surface area contributed by atoms with E-state index in [2.05, 4.69) is 5.32 Å². The summed E-state index contributed by atoms with van der Waals surface area (Å²) >= 11 is 0.794. The van der Waals surface area contributed by atoms with Gasteiger partial charge in [-0.05, 0) is 18.0 Å². The number of amides is 1. The lowest BCUT2D eigenvalue weighted by molar-refractivity contribution is -0.116. The van der Waals surface area contributed by atoms with Gasteiger partial charge in [-0.1, -0.05) is 0 Å². The van der Waals surface area contributed by atoms with Crippen LogP contribution in [0.3, 0.4) is 0 Å². The predicted molar refractivity (Wildman–Crippen MR) is 42.7 cm³/mol. The molecular weight excluding hydrogens is 150 g/mol. The molecule has 0 fully saturated rings. The largest absolute Gasteiger partial charge is 0.356 e. The van der Waals surface area contributed by atoms with Crippen LogP contribution in [0.1, 0.15) is 0 Å². The standard InChI is InChI=1S/C5H9N3OS/c1-8-5(9)3-2-4(6)10-7/h2-3,6H,7H2,1H3,(H,8,9)/b3-2-,6-4?. The van der Waals surface area contributed by atoms with Crippen molar-refractivity contribution in [1.29, 1.82) is 5.41 Å². The molecule has 0 spiro atoms. The zero-order chi connectivity index (χ0) is 7.98. The predicted octanol–water partition coefficient (Wildman–Crippen LogP) is -0.127. The maximum absolute atomic E-state index is 10.5. The topological polar surface area (TPSA) is 79.0 Å². The maximum Gasteiger partial charge on any atom is 0.243 e. The van der Waals surface area contributed by atoms with Gasteiger partial charge in [0.2, 0.25) is 5.91 Å². The zero-order valence-corrected chi connectivity index (χ0v) is 6.37. The molecule has 0 rings (SSSR count). The van der Waals surface area contributed by atoms with Gasteiger partial charge in [0.1, 0.15) is 5.04 Å². The second kappa shape index (κ2) is 5.01. The van der Waals surface area contributed by atoms with Crippen LogP contribution in [0, 0.1) is 5.41 Å². The molecule has 0 aromatic heterocycles. The Hall–Kier alpha value is -0.810. The molecule has 4 N–H and O–H groups in total. The van der Waals surface area contributed by atoms with Crippen molar-refractivity contribution in [2.75, 3.05) is 7.05 Å². The molecule has 5 heteroatoms. The smallest absolute Gasteiger partial charge is 0.243 e. The first-order valence-corrected chi connectivity index (χ1v) is 3.43. The number of nitrogens with two attached hydrogens (primary N) is 1. The summed E-state index contributed by atoms with van der Waals surface area (Å²) in [6.07, 6.45) is 2.59. The first-order valence-electron chi connectivity index (χ1n) is 2.55. The monoisotopic (exact) mass is 159 g/mol.